The van der Waals surface area contributed by atoms with Crippen LogP contribution in [0.1, 0.15) is 12.8 Å². The molecular weight excluding hydrogens is 143 g/mol. The summed E-state index contributed by atoms with van der Waals surface area (Å²) < 4.78 is 17.9. The predicted molar refractivity (Wildman–Crippen MR) is 42.7 cm³/mol. The van der Waals surface area contributed by atoms with E-state index in [1.807, 2.05) is 0 Å². The molecule has 2 heteroatoms. The number of allylic oxidation sites excluding steroid dienone is 3. The Balaban J connectivity index is 2.83. The summed E-state index contributed by atoms with van der Waals surface area (Å²) >= 11 is 0. The first-order chi connectivity index (χ1) is 5.25. The minimum absolute atomic E-state index is 0.284. The minimum atomic E-state index is -0.408. The quantitative estimate of drug-likeness (QED) is 0.564. The Labute approximate surface area is 65.9 Å². The fourth-order valence-corrected chi connectivity index (χ4v) is 1.01. The Kier molecular flexibility index (Phi) is 2.47. The van der Waals surface area contributed by atoms with E-state index < -0.39 is 5.83 Å². The Morgan fingerprint density at radius 1 is 1.64 bits per heavy atom. The summed E-state index contributed by atoms with van der Waals surface area (Å²) in [6.45, 7) is 7.59. The highest BCUT2D eigenvalue weighted by Gasteiger charge is 2.14. The number of ether oxygens (including phenoxy) is 1. The molecule has 0 bridgehead atoms. The van der Waals surface area contributed by atoms with Gasteiger partial charge in [0.15, 0.2) is 11.6 Å². The maximum Gasteiger partial charge on any atom is 0.164 e. The molecule has 1 heterocycles. The first-order valence-electron chi connectivity index (χ1n) is 3.59. The van der Waals surface area contributed by atoms with Crippen molar-refractivity contribution < 1.29 is 9.13 Å². The van der Waals surface area contributed by atoms with Gasteiger partial charge in [0.25, 0.3) is 0 Å². The fraction of sp³-hybridized carbons (Fsp3) is 0.333. The molecule has 0 saturated carbocycles. The molecule has 1 saturated heterocycles. The SMILES string of the molecule is C=C/C(F)=C1/OCCCC1=C. The lowest BCUT2D eigenvalue weighted by Crippen LogP contribution is -2.06. The van der Waals surface area contributed by atoms with Crippen molar-refractivity contribution in [2.75, 3.05) is 6.61 Å². The first kappa shape index (κ1) is 8.05. The first-order valence-corrected chi connectivity index (χ1v) is 3.59. The summed E-state index contributed by atoms with van der Waals surface area (Å²) in [4.78, 5) is 0. The lowest BCUT2D eigenvalue weighted by Gasteiger charge is -2.18. The second-order valence-electron chi connectivity index (χ2n) is 2.44. The molecule has 1 fully saturated rings. The van der Waals surface area contributed by atoms with Gasteiger partial charge in [0.2, 0.25) is 0 Å². The van der Waals surface area contributed by atoms with Crippen LogP contribution in [0, 0.1) is 0 Å². The largest absolute Gasteiger partial charge is 0.490 e. The van der Waals surface area contributed by atoms with Crippen molar-refractivity contribution in [1.29, 1.82) is 0 Å². The molecule has 0 aromatic carbocycles. The van der Waals surface area contributed by atoms with Gasteiger partial charge in [-0.3, -0.25) is 0 Å². The van der Waals surface area contributed by atoms with Gasteiger partial charge < -0.3 is 4.74 Å². The maximum atomic E-state index is 12.8. The van der Waals surface area contributed by atoms with Crippen molar-refractivity contribution in [3.8, 4) is 0 Å². The minimum Gasteiger partial charge on any atom is -0.490 e. The van der Waals surface area contributed by atoms with Gasteiger partial charge in [-0.05, 0) is 24.5 Å². The van der Waals surface area contributed by atoms with Crippen LogP contribution in [-0.2, 0) is 4.74 Å². The van der Waals surface area contributed by atoms with Crippen LogP contribution in [0.5, 0.6) is 0 Å². The van der Waals surface area contributed by atoms with E-state index in [0.29, 0.717) is 6.61 Å². The normalized spacial score (nSPS) is 22.5. The van der Waals surface area contributed by atoms with Crippen molar-refractivity contribution in [3.05, 3.63) is 36.4 Å². The van der Waals surface area contributed by atoms with Gasteiger partial charge in [-0.1, -0.05) is 13.2 Å². The van der Waals surface area contributed by atoms with Crippen LogP contribution in [0.2, 0.25) is 0 Å². The van der Waals surface area contributed by atoms with Crippen LogP contribution < -0.4 is 0 Å². The monoisotopic (exact) mass is 154 g/mol. The highest BCUT2D eigenvalue weighted by atomic mass is 19.1. The van der Waals surface area contributed by atoms with Gasteiger partial charge >= 0.3 is 0 Å². The van der Waals surface area contributed by atoms with E-state index in [0.717, 1.165) is 24.5 Å². The molecule has 0 atom stereocenters. The molecule has 1 nitrogen and oxygen atoms in total. The average Bonchev–Trinajstić information content (AvgIpc) is 2.04. The zero-order valence-electron chi connectivity index (χ0n) is 6.40. The molecule has 0 amide bonds. The van der Waals surface area contributed by atoms with E-state index in [1.165, 1.54) is 0 Å². The van der Waals surface area contributed by atoms with E-state index in [-0.39, 0.29) is 5.76 Å². The van der Waals surface area contributed by atoms with Gasteiger partial charge in [0, 0.05) is 0 Å². The zero-order valence-corrected chi connectivity index (χ0v) is 6.40. The molecule has 0 spiro atoms. The molecule has 0 radical (unpaired) electrons. The number of hydrogen-bond acceptors (Lipinski definition) is 1. The van der Waals surface area contributed by atoms with Gasteiger partial charge in [0.05, 0.1) is 6.61 Å². The molecule has 0 N–H and O–H groups in total. The third-order valence-corrected chi connectivity index (χ3v) is 1.59. The van der Waals surface area contributed by atoms with Crippen molar-refractivity contribution in [1.82, 2.24) is 0 Å². The van der Waals surface area contributed by atoms with Gasteiger partial charge in [-0.25, -0.2) is 4.39 Å². The lowest BCUT2D eigenvalue weighted by atomic mass is 10.1. The maximum absolute atomic E-state index is 12.8. The van der Waals surface area contributed by atoms with Gasteiger partial charge in [-0.2, -0.15) is 0 Å². The van der Waals surface area contributed by atoms with E-state index in [4.69, 9.17) is 4.74 Å². The van der Waals surface area contributed by atoms with E-state index in [9.17, 15) is 4.39 Å². The Morgan fingerprint density at radius 2 is 2.36 bits per heavy atom. The molecule has 0 aliphatic carbocycles. The fourth-order valence-electron chi connectivity index (χ4n) is 1.01. The lowest BCUT2D eigenvalue weighted by molar-refractivity contribution is 0.186. The van der Waals surface area contributed by atoms with Gasteiger partial charge in [0.1, 0.15) is 0 Å². The molecule has 1 aliphatic rings. The highest BCUT2D eigenvalue weighted by molar-refractivity contribution is 5.30. The smallest absolute Gasteiger partial charge is 0.164 e. The molecular formula is C9H11FO. The average molecular weight is 154 g/mol. The third-order valence-electron chi connectivity index (χ3n) is 1.59. The number of rotatable bonds is 1. The van der Waals surface area contributed by atoms with Crippen LogP contribution >= 0.6 is 0 Å². The van der Waals surface area contributed by atoms with E-state index in [2.05, 4.69) is 13.2 Å². The second-order valence-corrected chi connectivity index (χ2v) is 2.44. The molecule has 1 aliphatic heterocycles. The van der Waals surface area contributed by atoms with Crippen molar-refractivity contribution in [2.24, 2.45) is 0 Å². The standard InChI is InChI=1S/C9H11FO/c1-3-8(10)9-7(2)5-4-6-11-9/h3H,1-2,4-6H2/b9-8-. The summed E-state index contributed by atoms with van der Waals surface area (Å²) in [5.74, 6) is -0.124. The molecule has 11 heavy (non-hydrogen) atoms. The van der Waals surface area contributed by atoms with Crippen molar-refractivity contribution in [3.63, 3.8) is 0 Å². The van der Waals surface area contributed by atoms with Crippen LogP contribution in [0.4, 0.5) is 4.39 Å². The van der Waals surface area contributed by atoms with Crippen molar-refractivity contribution in [2.45, 2.75) is 12.8 Å². The summed E-state index contributed by atoms with van der Waals surface area (Å²) in [5, 5.41) is 0. The summed E-state index contributed by atoms with van der Waals surface area (Å²) in [6, 6.07) is 0. The van der Waals surface area contributed by atoms with Crippen molar-refractivity contribution >= 4 is 0 Å². The molecule has 0 aromatic rings. The molecule has 1 rings (SSSR count). The summed E-state index contributed by atoms with van der Waals surface area (Å²) in [6.07, 6.45) is 2.88. The van der Waals surface area contributed by atoms with Crippen LogP contribution in [-0.4, -0.2) is 6.61 Å². The molecule has 60 valence electrons. The molecule has 0 aromatic heterocycles. The Bertz CT molecular complexity index is 216. The van der Waals surface area contributed by atoms with Crippen LogP contribution in [0.25, 0.3) is 0 Å². The topological polar surface area (TPSA) is 9.23 Å². The Hall–Kier alpha value is -1.05. The zero-order chi connectivity index (χ0) is 8.27. The summed E-state index contributed by atoms with van der Waals surface area (Å²) in [7, 11) is 0. The summed E-state index contributed by atoms with van der Waals surface area (Å²) in [5.41, 5.74) is 0.730. The van der Waals surface area contributed by atoms with Crippen LogP contribution in [0.15, 0.2) is 36.4 Å². The predicted octanol–water partition coefficient (Wildman–Crippen LogP) is 2.72. The second kappa shape index (κ2) is 3.37. The number of halogens is 1. The molecule has 0 unspecified atom stereocenters. The van der Waals surface area contributed by atoms with E-state index in [1.54, 1.807) is 0 Å². The van der Waals surface area contributed by atoms with E-state index >= 15 is 0 Å². The number of hydrogen-bond donors (Lipinski definition) is 0. The Morgan fingerprint density at radius 3 is 2.91 bits per heavy atom. The van der Waals surface area contributed by atoms with Gasteiger partial charge in [-0.15, -0.1) is 0 Å². The highest BCUT2D eigenvalue weighted by Crippen LogP contribution is 2.25. The third kappa shape index (κ3) is 1.70. The van der Waals surface area contributed by atoms with Crippen LogP contribution in [0.3, 0.4) is 0 Å².